The second-order valence-corrected chi connectivity index (χ2v) is 6.88. The molecular weight excluding hydrogens is 307 g/mol. The fourth-order valence-electron chi connectivity index (χ4n) is 4.00. The molecule has 0 bridgehead atoms. The molecule has 0 spiro atoms. The number of imidazole rings is 1. The number of rotatable bonds is 4. The van der Waals surface area contributed by atoms with Gasteiger partial charge in [0.2, 0.25) is 0 Å². The van der Waals surface area contributed by atoms with Crippen molar-refractivity contribution >= 4 is 0 Å². The highest BCUT2D eigenvalue weighted by molar-refractivity contribution is 5.27. The van der Waals surface area contributed by atoms with Crippen LogP contribution >= 0.6 is 0 Å². The maximum atomic E-state index is 13.8. The zero-order valence-electron chi connectivity index (χ0n) is 13.8. The Bertz CT molecular complexity index is 688. The molecule has 5 heteroatoms. The lowest BCUT2D eigenvalue weighted by atomic mass is 9.74. The highest BCUT2D eigenvalue weighted by atomic mass is 19.1. The molecule has 4 rings (SSSR count). The van der Waals surface area contributed by atoms with Gasteiger partial charge in [-0.3, -0.25) is 0 Å². The maximum Gasteiger partial charge on any atom is 0.123 e. The molecule has 2 saturated heterocycles. The first-order valence-corrected chi connectivity index (χ1v) is 8.69. The van der Waals surface area contributed by atoms with E-state index in [9.17, 15) is 4.39 Å². The van der Waals surface area contributed by atoms with Crippen LogP contribution in [0, 0.1) is 5.82 Å². The van der Waals surface area contributed by atoms with Crippen LogP contribution in [0.3, 0.4) is 0 Å². The Hall–Kier alpha value is -1.72. The van der Waals surface area contributed by atoms with E-state index in [2.05, 4.69) is 9.55 Å². The van der Waals surface area contributed by atoms with Crippen molar-refractivity contribution in [1.29, 1.82) is 0 Å². The summed E-state index contributed by atoms with van der Waals surface area (Å²) < 4.78 is 27.2. The number of hydrogen-bond donors (Lipinski definition) is 0. The van der Waals surface area contributed by atoms with Crippen molar-refractivity contribution in [2.45, 2.75) is 37.1 Å². The average molecular weight is 330 g/mol. The van der Waals surface area contributed by atoms with Crippen LogP contribution in [0.4, 0.5) is 4.39 Å². The predicted molar refractivity (Wildman–Crippen MR) is 88.5 cm³/mol. The molecule has 0 N–H and O–H groups in total. The molecule has 2 fully saturated rings. The van der Waals surface area contributed by atoms with Crippen molar-refractivity contribution in [2.24, 2.45) is 0 Å². The number of nitrogens with zero attached hydrogens (tertiary/aromatic N) is 2. The largest absolute Gasteiger partial charge is 0.381 e. The second-order valence-electron chi connectivity index (χ2n) is 6.88. The first kappa shape index (κ1) is 15.8. The van der Waals surface area contributed by atoms with Gasteiger partial charge in [-0.25, -0.2) is 9.37 Å². The summed E-state index contributed by atoms with van der Waals surface area (Å²) in [4.78, 5) is 4.58. The summed E-state index contributed by atoms with van der Waals surface area (Å²) in [5.74, 6) is 1.28. The summed E-state index contributed by atoms with van der Waals surface area (Å²) in [6.07, 6.45) is 6.73. The minimum atomic E-state index is -0.173. The lowest BCUT2D eigenvalue weighted by Crippen LogP contribution is -2.38. The summed E-state index contributed by atoms with van der Waals surface area (Å²) in [7, 11) is 0. The zero-order chi connectivity index (χ0) is 16.4. The molecule has 24 heavy (non-hydrogen) atoms. The molecule has 4 nitrogen and oxygen atoms in total. The normalized spacial score (nSPS) is 23.5. The summed E-state index contributed by atoms with van der Waals surface area (Å²) in [5.41, 5.74) is 0.961. The molecule has 0 unspecified atom stereocenters. The van der Waals surface area contributed by atoms with E-state index in [1.54, 1.807) is 6.07 Å². The molecule has 0 amide bonds. The fourth-order valence-corrected chi connectivity index (χ4v) is 4.00. The van der Waals surface area contributed by atoms with E-state index in [0.717, 1.165) is 50.4 Å². The van der Waals surface area contributed by atoms with Crippen LogP contribution in [-0.2, 0) is 21.4 Å². The predicted octanol–water partition coefficient (Wildman–Crippen LogP) is 3.27. The number of halogens is 1. The van der Waals surface area contributed by atoms with Gasteiger partial charge < -0.3 is 14.0 Å². The van der Waals surface area contributed by atoms with Gasteiger partial charge in [-0.1, -0.05) is 12.1 Å². The molecule has 0 aliphatic carbocycles. The minimum Gasteiger partial charge on any atom is -0.381 e. The van der Waals surface area contributed by atoms with Gasteiger partial charge in [-0.05, 0) is 37.0 Å². The SMILES string of the molecule is Fc1cccc(C2(Cn3ccnc3[C@H]3CCOC3)CCOCC2)c1. The van der Waals surface area contributed by atoms with Crippen molar-refractivity contribution in [2.75, 3.05) is 26.4 Å². The third kappa shape index (κ3) is 2.98. The van der Waals surface area contributed by atoms with Gasteiger partial charge in [-0.15, -0.1) is 0 Å². The summed E-state index contributed by atoms with van der Waals surface area (Å²) in [6.45, 7) is 3.79. The van der Waals surface area contributed by atoms with E-state index >= 15 is 0 Å². The molecule has 0 saturated carbocycles. The van der Waals surface area contributed by atoms with Crippen molar-refractivity contribution in [3.63, 3.8) is 0 Å². The minimum absolute atomic E-state index is 0.102. The van der Waals surface area contributed by atoms with E-state index in [4.69, 9.17) is 9.47 Å². The molecular formula is C19H23FN2O2. The second kappa shape index (κ2) is 6.65. The Morgan fingerprint density at radius 2 is 2.08 bits per heavy atom. The van der Waals surface area contributed by atoms with Gasteiger partial charge >= 0.3 is 0 Å². The summed E-state index contributed by atoms with van der Waals surface area (Å²) in [5, 5.41) is 0. The fraction of sp³-hybridized carbons (Fsp3) is 0.526. The Morgan fingerprint density at radius 3 is 2.83 bits per heavy atom. The molecule has 1 atom stereocenters. The van der Waals surface area contributed by atoms with Crippen LogP contribution in [-0.4, -0.2) is 36.0 Å². The number of ether oxygens (including phenoxy) is 2. The smallest absolute Gasteiger partial charge is 0.123 e. The lowest BCUT2D eigenvalue weighted by Gasteiger charge is -2.38. The monoisotopic (exact) mass is 330 g/mol. The Labute approximate surface area is 141 Å². The molecule has 1 aromatic carbocycles. The van der Waals surface area contributed by atoms with Crippen LogP contribution in [0.1, 0.15) is 36.6 Å². The van der Waals surface area contributed by atoms with Gasteiger partial charge in [0.25, 0.3) is 0 Å². The quantitative estimate of drug-likeness (QED) is 0.863. The van der Waals surface area contributed by atoms with Crippen LogP contribution in [0.15, 0.2) is 36.7 Å². The summed E-state index contributed by atoms with van der Waals surface area (Å²) >= 11 is 0. The highest BCUT2D eigenvalue weighted by Crippen LogP contribution is 2.38. The van der Waals surface area contributed by atoms with Crippen LogP contribution in [0.2, 0.25) is 0 Å². The number of benzene rings is 1. The number of hydrogen-bond acceptors (Lipinski definition) is 3. The van der Waals surface area contributed by atoms with Crippen molar-refractivity contribution in [3.05, 3.63) is 53.9 Å². The average Bonchev–Trinajstić information content (AvgIpc) is 3.27. The molecule has 2 aromatic rings. The van der Waals surface area contributed by atoms with Gasteiger partial charge in [0.05, 0.1) is 6.61 Å². The lowest BCUT2D eigenvalue weighted by molar-refractivity contribution is 0.0429. The topological polar surface area (TPSA) is 36.3 Å². The van der Waals surface area contributed by atoms with Crippen molar-refractivity contribution in [1.82, 2.24) is 9.55 Å². The van der Waals surface area contributed by atoms with Crippen molar-refractivity contribution < 1.29 is 13.9 Å². The van der Waals surface area contributed by atoms with E-state index in [0.29, 0.717) is 19.1 Å². The standard InChI is InChI=1S/C19H23FN2O2/c20-17-3-1-2-16(12-17)19(5-10-23-11-6-19)14-22-8-7-21-18(22)15-4-9-24-13-15/h1-3,7-8,12,15H,4-6,9-11,13-14H2/t15-/m0/s1. The summed E-state index contributed by atoms with van der Waals surface area (Å²) in [6, 6.07) is 7.04. The third-order valence-corrected chi connectivity index (χ3v) is 5.40. The van der Waals surface area contributed by atoms with E-state index in [-0.39, 0.29) is 11.2 Å². The Morgan fingerprint density at radius 1 is 1.21 bits per heavy atom. The van der Waals surface area contributed by atoms with Crippen LogP contribution in [0.25, 0.3) is 0 Å². The molecule has 2 aliphatic rings. The van der Waals surface area contributed by atoms with E-state index < -0.39 is 0 Å². The van der Waals surface area contributed by atoms with Crippen molar-refractivity contribution in [3.8, 4) is 0 Å². The van der Waals surface area contributed by atoms with Gasteiger partial charge in [0, 0.05) is 50.1 Å². The Kier molecular flexibility index (Phi) is 4.37. The van der Waals surface area contributed by atoms with Crippen LogP contribution in [0.5, 0.6) is 0 Å². The molecule has 1 aromatic heterocycles. The Balaban J connectivity index is 1.67. The van der Waals surface area contributed by atoms with E-state index in [1.807, 2.05) is 24.5 Å². The molecule has 2 aliphatic heterocycles. The molecule has 0 radical (unpaired) electrons. The van der Waals surface area contributed by atoms with Gasteiger partial charge in [0.15, 0.2) is 0 Å². The van der Waals surface area contributed by atoms with Gasteiger partial charge in [0.1, 0.15) is 11.6 Å². The molecule has 3 heterocycles. The highest BCUT2D eigenvalue weighted by Gasteiger charge is 2.36. The first-order chi connectivity index (χ1) is 11.8. The third-order valence-electron chi connectivity index (χ3n) is 5.40. The number of aromatic nitrogens is 2. The van der Waals surface area contributed by atoms with E-state index in [1.165, 1.54) is 6.07 Å². The van der Waals surface area contributed by atoms with Gasteiger partial charge in [-0.2, -0.15) is 0 Å². The zero-order valence-corrected chi connectivity index (χ0v) is 13.8. The maximum absolute atomic E-state index is 13.8. The van der Waals surface area contributed by atoms with Crippen LogP contribution < -0.4 is 0 Å². The molecule has 128 valence electrons. The first-order valence-electron chi connectivity index (χ1n) is 8.69.